The Morgan fingerprint density at radius 1 is 1.19 bits per heavy atom. The van der Waals surface area contributed by atoms with E-state index in [0.717, 1.165) is 18.4 Å². The van der Waals surface area contributed by atoms with E-state index in [4.69, 9.17) is 0 Å². The molecule has 2 amide bonds. The van der Waals surface area contributed by atoms with Gasteiger partial charge in [-0.15, -0.1) is 0 Å². The van der Waals surface area contributed by atoms with Gasteiger partial charge in [0.15, 0.2) is 0 Å². The molecule has 0 bridgehead atoms. The second kappa shape index (κ2) is 8.29. The molecule has 2 atom stereocenters. The predicted molar refractivity (Wildman–Crippen MR) is 102 cm³/mol. The largest absolute Gasteiger partial charge is 0.356 e. The van der Waals surface area contributed by atoms with Crippen LogP contribution in [0.4, 0.5) is 4.39 Å². The molecule has 1 heterocycles. The third-order valence-corrected chi connectivity index (χ3v) is 5.21. The smallest absolute Gasteiger partial charge is 0.256 e. The van der Waals surface area contributed by atoms with Crippen LogP contribution >= 0.6 is 0 Å². The Morgan fingerprint density at radius 3 is 2.59 bits per heavy atom. The summed E-state index contributed by atoms with van der Waals surface area (Å²) < 4.78 is 14.6. The molecule has 1 N–H and O–H groups in total. The number of halogens is 1. The number of nitrogens with zero attached hydrogens (tertiary/aromatic N) is 2. The zero-order chi connectivity index (χ0) is 19.4. The summed E-state index contributed by atoms with van der Waals surface area (Å²) in [5.74, 6) is -0.937. The van der Waals surface area contributed by atoms with Crippen LogP contribution < -0.4 is 5.32 Å². The fraction of sp³-hybridized carbons (Fsp3) is 0.381. The number of rotatable bonds is 5. The number of benzene rings is 1. The minimum atomic E-state index is -0.542. The third-order valence-electron chi connectivity index (χ3n) is 5.21. The van der Waals surface area contributed by atoms with E-state index in [0.29, 0.717) is 18.5 Å². The van der Waals surface area contributed by atoms with Crippen molar-refractivity contribution < 1.29 is 14.0 Å². The van der Waals surface area contributed by atoms with Crippen molar-refractivity contribution in [2.45, 2.75) is 32.2 Å². The van der Waals surface area contributed by atoms with Crippen LogP contribution in [0.3, 0.4) is 0 Å². The first-order valence-electron chi connectivity index (χ1n) is 9.26. The topological polar surface area (TPSA) is 62.3 Å². The van der Waals surface area contributed by atoms with Gasteiger partial charge in [0.1, 0.15) is 5.82 Å². The molecule has 2 unspecified atom stereocenters. The Balaban J connectivity index is 1.71. The minimum absolute atomic E-state index is 0.0359. The van der Waals surface area contributed by atoms with Crippen molar-refractivity contribution in [3.63, 3.8) is 0 Å². The molecule has 6 heteroatoms. The number of nitrogens with one attached hydrogen (secondary N) is 1. The lowest BCUT2D eigenvalue weighted by Gasteiger charge is -2.25. The summed E-state index contributed by atoms with van der Waals surface area (Å²) in [5, 5.41) is 2.83. The highest BCUT2D eigenvalue weighted by Crippen LogP contribution is 2.30. The third kappa shape index (κ3) is 4.15. The van der Waals surface area contributed by atoms with Crippen LogP contribution in [0, 0.1) is 11.7 Å². The average molecular weight is 369 g/mol. The molecule has 1 aromatic heterocycles. The molecule has 3 rings (SSSR count). The average Bonchev–Trinajstić information content (AvgIpc) is 3.18. The van der Waals surface area contributed by atoms with Gasteiger partial charge < -0.3 is 10.2 Å². The second-order valence-corrected chi connectivity index (χ2v) is 6.90. The van der Waals surface area contributed by atoms with Gasteiger partial charge in [0.2, 0.25) is 5.91 Å². The van der Waals surface area contributed by atoms with Gasteiger partial charge in [0, 0.05) is 37.9 Å². The van der Waals surface area contributed by atoms with Gasteiger partial charge in [-0.25, -0.2) is 4.39 Å². The van der Waals surface area contributed by atoms with Gasteiger partial charge in [-0.05, 0) is 61.6 Å². The van der Waals surface area contributed by atoms with Crippen molar-refractivity contribution in [2.24, 2.45) is 5.92 Å². The molecule has 1 saturated carbocycles. The van der Waals surface area contributed by atoms with Crippen LogP contribution in [0.1, 0.15) is 36.5 Å². The second-order valence-electron chi connectivity index (χ2n) is 6.90. The van der Waals surface area contributed by atoms with Crippen molar-refractivity contribution in [1.29, 1.82) is 0 Å². The maximum Gasteiger partial charge on any atom is 0.256 e. The van der Waals surface area contributed by atoms with E-state index in [-0.39, 0.29) is 29.3 Å². The molecular weight excluding hydrogens is 345 g/mol. The summed E-state index contributed by atoms with van der Waals surface area (Å²) >= 11 is 0. The SMILES string of the molecule is CCNC(=O)C1CCC(N(C)C(=O)c2ccc(-c3ccncc3)cc2F)C1. The molecule has 0 saturated heterocycles. The standard InChI is InChI=1S/C21H24FN3O2/c1-3-24-20(26)16-4-6-17(12-16)25(2)21(27)18-7-5-15(13-19(18)22)14-8-10-23-11-9-14/h5,7-11,13,16-17H,3-4,6,12H2,1-2H3,(H,24,26). The van der Waals surface area contributed by atoms with E-state index in [9.17, 15) is 14.0 Å². The Bertz CT molecular complexity index is 825. The number of amides is 2. The molecule has 1 aliphatic rings. The van der Waals surface area contributed by atoms with E-state index in [1.54, 1.807) is 42.5 Å². The summed E-state index contributed by atoms with van der Waals surface area (Å²) in [4.78, 5) is 30.3. The summed E-state index contributed by atoms with van der Waals surface area (Å²) in [6, 6.07) is 8.18. The lowest BCUT2D eigenvalue weighted by Crippen LogP contribution is -2.37. The maximum absolute atomic E-state index is 14.6. The van der Waals surface area contributed by atoms with Crippen LogP contribution in [0.15, 0.2) is 42.7 Å². The minimum Gasteiger partial charge on any atom is -0.356 e. The lowest BCUT2D eigenvalue weighted by molar-refractivity contribution is -0.124. The highest BCUT2D eigenvalue weighted by atomic mass is 19.1. The lowest BCUT2D eigenvalue weighted by atomic mass is 10.0. The van der Waals surface area contributed by atoms with Gasteiger partial charge in [-0.1, -0.05) is 6.07 Å². The molecule has 1 fully saturated rings. The molecule has 0 radical (unpaired) electrons. The first kappa shape index (κ1) is 19.0. The highest BCUT2D eigenvalue weighted by Gasteiger charge is 2.34. The molecule has 2 aromatic rings. The molecule has 1 aliphatic carbocycles. The molecule has 5 nitrogen and oxygen atoms in total. The quantitative estimate of drug-likeness (QED) is 0.880. The number of pyridine rings is 1. The van der Waals surface area contributed by atoms with E-state index in [1.807, 2.05) is 6.92 Å². The van der Waals surface area contributed by atoms with E-state index in [2.05, 4.69) is 10.3 Å². The zero-order valence-corrected chi connectivity index (χ0v) is 15.6. The molecule has 0 aliphatic heterocycles. The molecular formula is C21H24FN3O2. The molecule has 1 aromatic carbocycles. The van der Waals surface area contributed by atoms with Gasteiger partial charge in [0.25, 0.3) is 5.91 Å². The van der Waals surface area contributed by atoms with Crippen molar-refractivity contribution >= 4 is 11.8 Å². The summed E-state index contributed by atoms with van der Waals surface area (Å²) in [5.41, 5.74) is 1.60. The number of aromatic nitrogens is 1. The fourth-order valence-corrected chi connectivity index (χ4v) is 3.63. The fourth-order valence-electron chi connectivity index (χ4n) is 3.63. The van der Waals surface area contributed by atoms with E-state index >= 15 is 0 Å². The van der Waals surface area contributed by atoms with Gasteiger partial charge in [-0.3, -0.25) is 14.6 Å². The first-order chi connectivity index (χ1) is 13.0. The van der Waals surface area contributed by atoms with E-state index < -0.39 is 5.82 Å². The number of carbonyl (C=O) groups excluding carboxylic acids is 2. The number of hydrogen-bond donors (Lipinski definition) is 1. The summed E-state index contributed by atoms with van der Waals surface area (Å²) in [7, 11) is 1.68. The predicted octanol–water partition coefficient (Wildman–Crippen LogP) is 3.26. The number of hydrogen-bond acceptors (Lipinski definition) is 3. The van der Waals surface area contributed by atoms with Crippen LogP contribution in [-0.4, -0.2) is 41.3 Å². The molecule has 142 valence electrons. The Morgan fingerprint density at radius 2 is 1.93 bits per heavy atom. The maximum atomic E-state index is 14.6. The van der Waals surface area contributed by atoms with Gasteiger partial charge in [-0.2, -0.15) is 0 Å². The molecule has 27 heavy (non-hydrogen) atoms. The summed E-state index contributed by atoms with van der Waals surface area (Å²) in [6.45, 7) is 2.49. The first-order valence-corrected chi connectivity index (χ1v) is 9.26. The van der Waals surface area contributed by atoms with Crippen LogP contribution in [0.25, 0.3) is 11.1 Å². The van der Waals surface area contributed by atoms with Crippen molar-refractivity contribution in [1.82, 2.24) is 15.2 Å². The van der Waals surface area contributed by atoms with Gasteiger partial charge >= 0.3 is 0 Å². The van der Waals surface area contributed by atoms with E-state index in [1.165, 1.54) is 12.1 Å². The normalized spacial score (nSPS) is 18.9. The number of carbonyl (C=O) groups is 2. The summed E-state index contributed by atoms with van der Waals surface area (Å²) in [6.07, 6.45) is 5.40. The Kier molecular flexibility index (Phi) is 5.84. The van der Waals surface area contributed by atoms with Crippen molar-refractivity contribution in [3.8, 4) is 11.1 Å². The molecule has 0 spiro atoms. The van der Waals surface area contributed by atoms with Crippen LogP contribution in [-0.2, 0) is 4.79 Å². The van der Waals surface area contributed by atoms with Crippen LogP contribution in [0.5, 0.6) is 0 Å². The van der Waals surface area contributed by atoms with Crippen molar-refractivity contribution in [3.05, 3.63) is 54.1 Å². The Labute approximate surface area is 158 Å². The Hall–Kier alpha value is -2.76. The monoisotopic (exact) mass is 369 g/mol. The van der Waals surface area contributed by atoms with Crippen LogP contribution in [0.2, 0.25) is 0 Å². The highest BCUT2D eigenvalue weighted by molar-refractivity contribution is 5.95. The van der Waals surface area contributed by atoms with Gasteiger partial charge in [0.05, 0.1) is 5.56 Å². The van der Waals surface area contributed by atoms with Crippen molar-refractivity contribution in [2.75, 3.05) is 13.6 Å². The zero-order valence-electron chi connectivity index (χ0n) is 15.6.